The third-order valence-corrected chi connectivity index (χ3v) is 3.67. The SMILES string of the molecule is Cc1cc(C(=O)Nc2nc(C(C)(C)C)cs2)ccc1F. The van der Waals surface area contributed by atoms with Crippen LogP contribution in [0.25, 0.3) is 0 Å². The third kappa shape index (κ3) is 3.22. The van der Waals surface area contributed by atoms with Gasteiger partial charge in [-0.1, -0.05) is 20.8 Å². The number of hydrogen-bond donors (Lipinski definition) is 1. The second-order valence-corrected chi connectivity index (χ2v) is 6.56. The fraction of sp³-hybridized carbons (Fsp3) is 0.333. The molecule has 0 aliphatic rings. The molecule has 2 rings (SSSR count). The highest BCUT2D eigenvalue weighted by Crippen LogP contribution is 2.26. The lowest BCUT2D eigenvalue weighted by atomic mass is 9.93. The number of benzene rings is 1. The molecule has 0 radical (unpaired) electrons. The van der Waals surface area contributed by atoms with Gasteiger partial charge in [0.05, 0.1) is 5.69 Å². The summed E-state index contributed by atoms with van der Waals surface area (Å²) in [6, 6.07) is 4.30. The lowest BCUT2D eigenvalue weighted by molar-refractivity contribution is 0.102. The van der Waals surface area contributed by atoms with Crippen LogP contribution < -0.4 is 5.32 Å². The fourth-order valence-corrected chi connectivity index (χ4v) is 2.56. The monoisotopic (exact) mass is 292 g/mol. The first-order chi connectivity index (χ1) is 9.27. The average molecular weight is 292 g/mol. The molecule has 1 aromatic heterocycles. The van der Waals surface area contributed by atoms with E-state index in [1.54, 1.807) is 6.92 Å². The van der Waals surface area contributed by atoms with Crippen LogP contribution in [0.1, 0.15) is 42.4 Å². The lowest BCUT2D eigenvalue weighted by Gasteiger charge is -2.14. The van der Waals surface area contributed by atoms with Gasteiger partial charge in [-0.15, -0.1) is 11.3 Å². The van der Waals surface area contributed by atoms with Gasteiger partial charge in [0.2, 0.25) is 0 Å². The Balaban J connectivity index is 2.15. The predicted octanol–water partition coefficient (Wildman–Crippen LogP) is 4.14. The van der Waals surface area contributed by atoms with Crippen molar-refractivity contribution < 1.29 is 9.18 Å². The minimum Gasteiger partial charge on any atom is -0.298 e. The molecule has 0 aliphatic heterocycles. The first-order valence-corrected chi connectivity index (χ1v) is 7.19. The van der Waals surface area contributed by atoms with Gasteiger partial charge in [0.15, 0.2) is 5.13 Å². The first kappa shape index (κ1) is 14.7. The summed E-state index contributed by atoms with van der Waals surface area (Å²) in [4.78, 5) is 16.5. The van der Waals surface area contributed by atoms with Crippen molar-refractivity contribution in [3.63, 3.8) is 0 Å². The Bertz CT molecular complexity index is 644. The van der Waals surface area contributed by atoms with Crippen LogP contribution in [-0.4, -0.2) is 10.9 Å². The molecule has 1 amide bonds. The summed E-state index contributed by atoms with van der Waals surface area (Å²) in [6.45, 7) is 7.83. The summed E-state index contributed by atoms with van der Waals surface area (Å²) < 4.78 is 13.2. The molecule has 106 valence electrons. The van der Waals surface area contributed by atoms with Gasteiger partial charge in [0, 0.05) is 16.4 Å². The third-order valence-electron chi connectivity index (χ3n) is 2.91. The maximum Gasteiger partial charge on any atom is 0.257 e. The molecule has 2 aromatic rings. The van der Waals surface area contributed by atoms with Gasteiger partial charge in [-0.25, -0.2) is 9.37 Å². The number of carbonyl (C=O) groups is 1. The summed E-state index contributed by atoms with van der Waals surface area (Å²) in [6.07, 6.45) is 0. The van der Waals surface area contributed by atoms with Crippen LogP contribution in [0.3, 0.4) is 0 Å². The maximum atomic E-state index is 13.2. The summed E-state index contributed by atoms with van der Waals surface area (Å²) in [7, 11) is 0. The van der Waals surface area contributed by atoms with E-state index in [9.17, 15) is 9.18 Å². The second-order valence-electron chi connectivity index (χ2n) is 5.71. The minimum atomic E-state index is -0.314. The lowest BCUT2D eigenvalue weighted by Crippen LogP contribution is -2.14. The Morgan fingerprint density at radius 3 is 2.60 bits per heavy atom. The standard InChI is InChI=1S/C15H17FN2OS/c1-9-7-10(5-6-11(9)16)13(19)18-14-17-12(8-20-14)15(2,3)4/h5-8H,1-4H3,(H,17,18,19). The van der Waals surface area contributed by atoms with Gasteiger partial charge >= 0.3 is 0 Å². The maximum absolute atomic E-state index is 13.2. The predicted molar refractivity (Wildman–Crippen MR) is 79.9 cm³/mol. The molecule has 0 saturated carbocycles. The molecule has 3 nitrogen and oxygen atoms in total. The van der Waals surface area contributed by atoms with E-state index in [1.807, 2.05) is 5.38 Å². The number of carbonyl (C=O) groups excluding carboxylic acids is 1. The van der Waals surface area contributed by atoms with Crippen molar-refractivity contribution in [2.24, 2.45) is 0 Å². The average Bonchev–Trinajstić information content (AvgIpc) is 2.81. The smallest absolute Gasteiger partial charge is 0.257 e. The molecular formula is C15H17FN2OS. The number of nitrogens with zero attached hydrogens (tertiary/aromatic N) is 1. The zero-order valence-corrected chi connectivity index (χ0v) is 12.8. The number of aromatic nitrogens is 1. The van der Waals surface area contributed by atoms with Crippen LogP contribution in [-0.2, 0) is 5.41 Å². The van der Waals surface area contributed by atoms with Crippen molar-refractivity contribution in [2.45, 2.75) is 33.1 Å². The van der Waals surface area contributed by atoms with Crippen LogP contribution in [0, 0.1) is 12.7 Å². The van der Waals surface area contributed by atoms with Crippen LogP contribution in [0.15, 0.2) is 23.6 Å². The number of nitrogens with one attached hydrogen (secondary N) is 1. The summed E-state index contributed by atoms with van der Waals surface area (Å²) in [5.41, 5.74) is 1.77. The number of aryl methyl sites for hydroxylation is 1. The number of hydrogen-bond acceptors (Lipinski definition) is 3. The molecule has 5 heteroatoms. The normalized spacial score (nSPS) is 11.4. The van der Waals surface area contributed by atoms with E-state index < -0.39 is 0 Å². The number of rotatable bonds is 2. The van der Waals surface area contributed by atoms with Crippen LogP contribution in [0.5, 0.6) is 0 Å². The molecule has 0 saturated heterocycles. The van der Waals surface area contributed by atoms with E-state index in [1.165, 1.54) is 29.5 Å². The Labute approximate surface area is 121 Å². The van der Waals surface area contributed by atoms with E-state index >= 15 is 0 Å². The van der Waals surface area contributed by atoms with E-state index in [-0.39, 0.29) is 17.1 Å². The van der Waals surface area contributed by atoms with Crippen molar-refractivity contribution in [1.29, 1.82) is 0 Å². The number of thiazole rings is 1. The molecule has 20 heavy (non-hydrogen) atoms. The van der Waals surface area contributed by atoms with E-state index in [0.29, 0.717) is 16.3 Å². The van der Waals surface area contributed by atoms with Gasteiger partial charge in [-0.05, 0) is 30.7 Å². The minimum absolute atomic E-state index is 0.0497. The Hall–Kier alpha value is -1.75. The van der Waals surface area contributed by atoms with E-state index in [4.69, 9.17) is 0 Å². The second kappa shape index (κ2) is 5.32. The highest BCUT2D eigenvalue weighted by Gasteiger charge is 2.18. The molecule has 1 heterocycles. The van der Waals surface area contributed by atoms with Crippen molar-refractivity contribution in [3.8, 4) is 0 Å². The van der Waals surface area contributed by atoms with Crippen LogP contribution >= 0.6 is 11.3 Å². The zero-order valence-electron chi connectivity index (χ0n) is 12.0. The van der Waals surface area contributed by atoms with Gasteiger partial charge in [-0.2, -0.15) is 0 Å². The molecule has 0 aliphatic carbocycles. The van der Waals surface area contributed by atoms with Crippen molar-refractivity contribution in [3.05, 3.63) is 46.2 Å². The molecular weight excluding hydrogens is 275 g/mol. The Morgan fingerprint density at radius 2 is 2.05 bits per heavy atom. The van der Waals surface area contributed by atoms with Gasteiger partial charge < -0.3 is 0 Å². The summed E-state index contributed by atoms with van der Waals surface area (Å²) in [5.74, 6) is -0.589. The number of amides is 1. The van der Waals surface area contributed by atoms with Crippen LogP contribution in [0.4, 0.5) is 9.52 Å². The zero-order chi connectivity index (χ0) is 14.9. The topological polar surface area (TPSA) is 42.0 Å². The largest absolute Gasteiger partial charge is 0.298 e. The molecule has 0 unspecified atom stereocenters. The molecule has 0 atom stereocenters. The van der Waals surface area contributed by atoms with Crippen molar-refractivity contribution in [1.82, 2.24) is 4.98 Å². The van der Waals surface area contributed by atoms with Crippen molar-refractivity contribution >= 4 is 22.4 Å². The fourth-order valence-electron chi connectivity index (χ4n) is 1.63. The Morgan fingerprint density at radius 1 is 1.35 bits per heavy atom. The van der Waals surface area contributed by atoms with Gasteiger partial charge in [0.25, 0.3) is 5.91 Å². The molecule has 0 spiro atoms. The van der Waals surface area contributed by atoms with Crippen LogP contribution in [0.2, 0.25) is 0 Å². The molecule has 0 fully saturated rings. The Kier molecular flexibility index (Phi) is 3.90. The van der Waals surface area contributed by atoms with Gasteiger partial charge in [-0.3, -0.25) is 10.1 Å². The summed E-state index contributed by atoms with van der Waals surface area (Å²) >= 11 is 1.39. The quantitative estimate of drug-likeness (QED) is 0.904. The summed E-state index contributed by atoms with van der Waals surface area (Å²) in [5, 5.41) is 5.24. The molecule has 1 N–H and O–H groups in total. The highest BCUT2D eigenvalue weighted by atomic mass is 32.1. The van der Waals surface area contributed by atoms with Gasteiger partial charge in [0.1, 0.15) is 5.82 Å². The van der Waals surface area contributed by atoms with E-state index in [0.717, 1.165) is 5.69 Å². The highest BCUT2D eigenvalue weighted by molar-refractivity contribution is 7.14. The molecule has 0 bridgehead atoms. The molecule has 1 aromatic carbocycles. The first-order valence-electron chi connectivity index (χ1n) is 6.31. The van der Waals surface area contributed by atoms with Crippen molar-refractivity contribution in [2.75, 3.05) is 5.32 Å². The number of anilines is 1. The number of halogens is 1. The van der Waals surface area contributed by atoms with E-state index in [2.05, 4.69) is 31.1 Å².